The second kappa shape index (κ2) is 7.78. The lowest BCUT2D eigenvalue weighted by Gasteiger charge is -2.20. The quantitative estimate of drug-likeness (QED) is 0.540. The van der Waals surface area contributed by atoms with Crippen LogP contribution >= 0.6 is 24.0 Å². The Kier molecular flexibility index (Phi) is 5.45. The van der Waals surface area contributed by atoms with E-state index in [4.69, 9.17) is 12.2 Å². The molecule has 1 N–H and O–H groups in total. The molecule has 0 bridgehead atoms. The highest BCUT2D eigenvalue weighted by Gasteiger charge is 2.42. The van der Waals surface area contributed by atoms with Gasteiger partial charge in [0.25, 0.3) is 11.5 Å². The van der Waals surface area contributed by atoms with Crippen LogP contribution in [0.25, 0.3) is 11.7 Å². The summed E-state index contributed by atoms with van der Waals surface area (Å²) in [6.07, 6.45) is 3.57. The highest BCUT2D eigenvalue weighted by Crippen LogP contribution is 2.36. The normalized spacial score (nSPS) is 22.4. The predicted octanol–water partition coefficient (Wildman–Crippen LogP) is 1.82. The molecule has 2 fully saturated rings. The number of carbonyl (C=O) groups is 1. The molecule has 11 heteroatoms. The molecule has 0 spiro atoms. The highest BCUT2D eigenvalue weighted by molar-refractivity contribution is 8.26. The molecule has 158 valence electrons. The van der Waals surface area contributed by atoms with E-state index in [2.05, 4.69) is 10.3 Å². The SMILES string of the molecule is CCNc1nc2ccc(C)cn2c(=O)c1C=C1SC(=S)N(C2CCS(=O)(=O)C2)C1=O. The van der Waals surface area contributed by atoms with Gasteiger partial charge in [-0.3, -0.25) is 18.9 Å². The van der Waals surface area contributed by atoms with Crippen LogP contribution in [-0.2, 0) is 14.6 Å². The third-order valence-corrected chi connectivity index (χ3v) is 8.10. The number of rotatable bonds is 4. The number of nitrogens with one attached hydrogen (secondary N) is 1. The number of hydrogen-bond donors (Lipinski definition) is 1. The van der Waals surface area contributed by atoms with Gasteiger partial charge < -0.3 is 5.32 Å². The molecule has 4 heterocycles. The Hall–Kier alpha value is -2.24. The first-order valence-electron chi connectivity index (χ1n) is 9.44. The number of aryl methyl sites for hydroxylation is 1. The van der Waals surface area contributed by atoms with Crippen molar-refractivity contribution in [1.82, 2.24) is 14.3 Å². The molecule has 2 aromatic rings. The Bertz CT molecular complexity index is 1270. The van der Waals surface area contributed by atoms with E-state index in [-0.39, 0.29) is 33.4 Å². The zero-order valence-corrected chi connectivity index (χ0v) is 18.9. The molecule has 2 saturated heterocycles. The summed E-state index contributed by atoms with van der Waals surface area (Å²) in [6.45, 7) is 4.32. The van der Waals surface area contributed by atoms with Gasteiger partial charge >= 0.3 is 0 Å². The second-order valence-electron chi connectivity index (χ2n) is 7.25. The van der Waals surface area contributed by atoms with Crippen molar-refractivity contribution in [3.8, 4) is 0 Å². The first kappa shape index (κ1) is 21.0. The minimum Gasteiger partial charge on any atom is -0.370 e. The van der Waals surface area contributed by atoms with Gasteiger partial charge in [-0.25, -0.2) is 13.4 Å². The van der Waals surface area contributed by atoms with Crippen LogP contribution in [0.15, 0.2) is 28.0 Å². The van der Waals surface area contributed by atoms with E-state index in [0.717, 1.165) is 17.3 Å². The van der Waals surface area contributed by atoms with Gasteiger partial charge in [0.1, 0.15) is 15.8 Å². The largest absolute Gasteiger partial charge is 0.370 e. The number of anilines is 1. The summed E-state index contributed by atoms with van der Waals surface area (Å²) in [5, 5.41) is 3.09. The van der Waals surface area contributed by atoms with Gasteiger partial charge in [0.05, 0.1) is 28.0 Å². The smallest absolute Gasteiger partial charge is 0.267 e. The topological polar surface area (TPSA) is 101 Å². The van der Waals surface area contributed by atoms with Crippen molar-refractivity contribution in [2.75, 3.05) is 23.4 Å². The summed E-state index contributed by atoms with van der Waals surface area (Å²) in [6, 6.07) is 3.18. The van der Waals surface area contributed by atoms with E-state index in [9.17, 15) is 18.0 Å². The maximum absolute atomic E-state index is 13.2. The molecule has 0 aromatic carbocycles. The summed E-state index contributed by atoms with van der Waals surface area (Å²) in [5.74, 6) is -0.0222. The van der Waals surface area contributed by atoms with Crippen molar-refractivity contribution in [1.29, 1.82) is 0 Å². The predicted molar refractivity (Wildman–Crippen MR) is 122 cm³/mol. The van der Waals surface area contributed by atoms with Crippen LogP contribution in [0.4, 0.5) is 5.82 Å². The van der Waals surface area contributed by atoms with Crippen molar-refractivity contribution < 1.29 is 13.2 Å². The van der Waals surface area contributed by atoms with Crippen LogP contribution in [0.5, 0.6) is 0 Å². The molecule has 0 radical (unpaired) electrons. The first-order chi connectivity index (χ1) is 14.2. The van der Waals surface area contributed by atoms with Gasteiger partial charge in [-0.1, -0.05) is 30.0 Å². The number of carbonyl (C=O) groups excluding carboxylic acids is 1. The van der Waals surface area contributed by atoms with Gasteiger partial charge in [-0.15, -0.1) is 0 Å². The zero-order valence-electron chi connectivity index (χ0n) is 16.4. The molecule has 8 nitrogen and oxygen atoms in total. The summed E-state index contributed by atoms with van der Waals surface area (Å²) in [5.41, 5.74) is 1.37. The van der Waals surface area contributed by atoms with Crippen LogP contribution in [0.2, 0.25) is 0 Å². The van der Waals surface area contributed by atoms with E-state index in [0.29, 0.717) is 28.8 Å². The molecule has 4 rings (SSSR count). The van der Waals surface area contributed by atoms with Crippen molar-refractivity contribution in [3.63, 3.8) is 0 Å². The van der Waals surface area contributed by atoms with Gasteiger partial charge in [0.15, 0.2) is 9.84 Å². The van der Waals surface area contributed by atoms with E-state index in [1.54, 1.807) is 12.3 Å². The third kappa shape index (κ3) is 3.77. The molecular weight excluding hydrogens is 444 g/mol. The van der Waals surface area contributed by atoms with E-state index in [1.807, 2.05) is 19.9 Å². The Morgan fingerprint density at radius 1 is 1.37 bits per heavy atom. The summed E-state index contributed by atoms with van der Waals surface area (Å²) in [7, 11) is -3.16. The Morgan fingerprint density at radius 2 is 2.13 bits per heavy atom. The number of aromatic nitrogens is 2. The molecule has 2 aliphatic heterocycles. The fourth-order valence-corrected chi connectivity index (χ4v) is 6.68. The lowest BCUT2D eigenvalue weighted by molar-refractivity contribution is -0.123. The maximum Gasteiger partial charge on any atom is 0.267 e. The lowest BCUT2D eigenvalue weighted by Crippen LogP contribution is -2.39. The monoisotopic (exact) mass is 464 g/mol. The maximum atomic E-state index is 13.2. The number of sulfone groups is 1. The third-order valence-electron chi connectivity index (χ3n) is 5.02. The van der Waals surface area contributed by atoms with E-state index < -0.39 is 15.9 Å². The summed E-state index contributed by atoms with van der Waals surface area (Å²) >= 11 is 6.43. The van der Waals surface area contributed by atoms with Crippen LogP contribution in [0, 0.1) is 6.92 Å². The number of thioether (sulfide) groups is 1. The number of hydrogen-bond acceptors (Lipinski definition) is 8. The van der Waals surface area contributed by atoms with Gasteiger partial charge in [-0.2, -0.15) is 0 Å². The van der Waals surface area contributed by atoms with Gasteiger partial charge in [-0.05, 0) is 38.0 Å². The fraction of sp³-hybridized carbons (Fsp3) is 0.368. The Morgan fingerprint density at radius 3 is 2.80 bits per heavy atom. The molecule has 2 aromatic heterocycles. The van der Waals surface area contributed by atoms with Crippen molar-refractivity contribution in [2.24, 2.45) is 0 Å². The lowest BCUT2D eigenvalue weighted by atomic mass is 10.2. The van der Waals surface area contributed by atoms with Crippen LogP contribution in [0.3, 0.4) is 0 Å². The van der Waals surface area contributed by atoms with Crippen LogP contribution < -0.4 is 10.9 Å². The molecule has 0 saturated carbocycles. The Labute approximate surface area is 183 Å². The molecule has 30 heavy (non-hydrogen) atoms. The number of fused-ring (bicyclic) bond motifs is 1. The molecule has 1 atom stereocenters. The average Bonchev–Trinajstić information content (AvgIpc) is 3.17. The van der Waals surface area contributed by atoms with E-state index in [1.165, 1.54) is 15.4 Å². The molecular formula is C19H20N4O4S3. The van der Waals surface area contributed by atoms with Crippen LogP contribution in [-0.4, -0.2) is 57.0 Å². The number of amides is 1. The van der Waals surface area contributed by atoms with Crippen molar-refractivity contribution in [2.45, 2.75) is 26.3 Å². The Balaban J connectivity index is 1.78. The van der Waals surface area contributed by atoms with Crippen molar-refractivity contribution in [3.05, 3.63) is 44.7 Å². The molecule has 1 amide bonds. The zero-order chi connectivity index (χ0) is 21.6. The fourth-order valence-electron chi connectivity index (χ4n) is 3.60. The molecule has 1 unspecified atom stereocenters. The highest BCUT2D eigenvalue weighted by atomic mass is 32.2. The molecule has 0 aliphatic carbocycles. The second-order valence-corrected chi connectivity index (χ2v) is 11.2. The summed E-state index contributed by atoms with van der Waals surface area (Å²) in [4.78, 5) is 32.4. The average molecular weight is 465 g/mol. The minimum atomic E-state index is -3.16. The summed E-state index contributed by atoms with van der Waals surface area (Å²) < 4.78 is 25.4. The van der Waals surface area contributed by atoms with Gasteiger partial charge in [0.2, 0.25) is 0 Å². The number of thiocarbonyl (C=S) groups is 1. The first-order valence-corrected chi connectivity index (χ1v) is 12.5. The van der Waals surface area contributed by atoms with Crippen molar-refractivity contribution >= 4 is 61.6 Å². The number of pyridine rings is 1. The standard InChI is InChI=1S/C19H20N4O4S3/c1-3-20-16-13(17(24)22-9-11(2)4-5-15(22)21-16)8-14-18(25)23(19(28)29-14)12-6-7-30(26,27)10-12/h4-5,8-9,12,20H,3,6-7,10H2,1-2H3. The van der Waals surface area contributed by atoms with Crippen LogP contribution in [0.1, 0.15) is 24.5 Å². The van der Waals surface area contributed by atoms with E-state index >= 15 is 0 Å². The molecule has 2 aliphatic rings. The minimum absolute atomic E-state index is 0.0492. The number of nitrogens with zero attached hydrogens (tertiary/aromatic N) is 3. The van der Waals surface area contributed by atoms with Gasteiger partial charge in [0, 0.05) is 12.7 Å².